The van der Waals surface area contributed by atoms with E-state index in [0.29, 0.717) is 28.5 Å². The van der Waals surface area contributed by atoms with Crippen LogP contribution in [-0.4, -0.2) is 55.6 Å². The first-order valence-corrected chi connectivity index (χ1v) is 9.45. The molecule has 10 heteroatoms. The molecule has 1 aromatic heterocycles. The summed E-state index contributed by atoms with van der Waals surface area (Å²) >= 11 is 0. The highest BCUT2D eigenvalue weighted by Gasteiger charge is 2.50. The zero-order chi connectivity index (χ0) is 22.6. The molecule has 2 heterocycles. The monoisotopic (exact) mass is 428 g/mol. The lowest BCUT2D eigenvalue weighted by molar-refractivity contribution is -0.135. The normalized spacial score (nSPS) is 17.9. The molecular formula is C21H24N4O6. The van der Waals surface area contributed by atoms with Gasteiger partial charge in [-0.2, -0.15) is 0 Å². The van der Waals surface area contributed by atoms with Crippen molar-refractivity contribution in [1.82, 2.24) is 20.5 Å². The fourth-order valence-electron chi connectivity index (χ4n) is 3.30. The van der Waals surface area contributed by atoms with Gasteiger partial charge in [-0.1, -0.05) is 6.07 Å². The molecule has 0 aliphatic carbocycles. The summed E-state index contributed by atoms with van der Waals surface area (Å²) in [5.41, 5.74) is -0.291. The molecule has 3 rings (SSSR count). The van der Waals surface area contributed by atoms with Crippen molar-refractivity contribution in [3.05, 3.63) is 47.8 Å². The van der Waals surface area contributed by atoms with Gasteiger partial charge in [0.05, 0.1) is 27.0 Å². The highest BCUT2D eigenvalue weighted by molar-refractivity contribution is 6.08. The largest absolute Gasteiger partial charge is 0.496 e. The third kappa shape index (κ3) is 4.23. The molecule has 2 N–H and O–H groups in total. The number of ether oxygens (including phenoxy) is 3. The van der Waals surface area contributed by atoms with Gasteiger partial charge < -0.3 is 24.8 Å². The average Bonchev–Trinajstić information content (AvgIpc) is 3.01. The van der Waals surface area contributed by atoms with E-state index < -0.39 is 29.9 Å². The predicted molar refractivity (Wildman–Crippen MR) is 110 cm³/mol. The predicted octanol–water partition coefficient (Wildman–Crippen LogP) is 1.19. The number of nitrogens with one attached hydrogen (secondary N) is 2. The van der Waals surface area contributed by atoms with Crippen molar-refractivity contribution in [3.8, 4) is 17.2 Å². The van der Waals surface area contributed by atoms with Crippen molar-refractivity contribution in [1.29, 1.82) is 0 Å². The lowest BCUT2D eigenvalue weighted by Crippen LogP contribution is -2.43. The standard InChI is InChI=1S/C21H24N4O6/c1-21(17-7-5-6-8-22-17)19(27)25(20(28)24-21)12-18(26)23-11-13-9-15(30-3)16(31-4)10-14(13)29-2/h5-10H,11-12H2,1-4H3,(H,23,26)(H,24,28). The quantitative estimate of drug-likeness (QED) is 0.606. The van der Waals surface area contributed by atoms with E-state index in [-0.39, 0.29) is 6.54 Å². The fraction of sp³-hybridized carbons (Fsp3) is 0.333. The van der Waals surface area contributed by atoms with E-state index in [2.05, 4.69) is 15.6 Å². The number of carbonyl (C=O) groups is 3. The molecule has 0 radical (unpaired) electrons. The molecule has 1 saturated heterocycles. The van der Waals surface area contributed by atoms with Crippen molar-refractivity contribution in [3.63, 3.8) is 0 Å². The molecule has 10 nitrogen and oxygen atoms in total. The number of methoxy groups -OCH3 is 3. The van der Waals surface area contributed by atoms with Crippen LogP contribution in [0.3, 0.4) is 0 Å². The number of rotatable bonds is 8. The summed E-state index contributed by atoms with van der Waals surface area (Å²) in [7, 11) is 4.51. The molecule has 1 aliphatic rings. The molecule has 1 aliphatic heterocycles. The highest BCUT2D eigenvalue weighted by Crippen LogP contribution is 2.34. The minimum absolute atomic E-state index is 0.101. The molecule has 0 saturated carbocycles. The number of benzene rings is 1. The van der Waals surface area contributed by atoms with Crippen molar-refractivity contribution >= 4 is 17.8 Å². The Hall–Kier alpha value is -3.82. The summed E-state index contributed by atoms with van der Waals surface area (Å²) in [5.74, 6) is 0.409. The van der Waals surface area contributed by atoms with E-state index in [1.807, 2.05) is 0 Å². The molecule has 0 bridgehead atoms. The van der Waals surface area contributed by atoms with Crippen LogP contribution < -0.4 is 24.8 Å². The van der Waals surface area contributed by atoms with E-state index >= 15 is 0 Å². The van der Waals surface area contributed by atoms with Crippen LogP contribution in [0.5, 0.6) is 17.2 Å². The SMILES string of the molecule is COc1cc(OC)c(OC)cc1CNC(=O)CN1C(=O)NC(C)(c2ccccn2)C1=O. The summed E-state index contributed by atoms with van der Waals surface area (Å²) in [6.07, 6.45) is 1.53. The van der Waals surface area contributed by atoms with E-state index in [4.69, 9.17) is 14.2 Å². The Bertz CT molecular complexity index is 997. The molecule has 1 fully saturated rings. The molecule has 164 valence electrons. The average molecular weight is 428 g/mol. The van der Waals surface area contributed by atoms with Gasteiger partial charge in [-0.05, 0) is 25.1 Å². The maximum Gasteiger partial charge on any atom is 0.325 e. The first-order chi connectivity index (χ1) is 14.8. The summed E-state index contributed by atoms with van der Waals surface area (Å²) < 4.78 is 15.9. The topological polar surface area (TPSA) is 119 Å². The molecule has 1 unspecified atom stereocenters. The molecule has 4 amide bonds. The third-order valence-electron chi connectivity index (χ3n) is 5.02. The Kier molecular flexibility index (Phi) is 6.28. The molecule has 1 atom stereocenters. The van der Waals surface area contributed by atoms with Crippen LogP contribution in [0.15, 0.2) is 36.5 Å². The Morgan fingerprint density at radius 2 is 1.77 bits per heavy atom. The number of carbonyl (C=O) groups excluding carboxylic acids is 3. The van der Waals surface area contributed by atoms with Gasteiger partial charge in [0.2, 0.25) is 5.91 Å². The van der Waals surface area contributed by atoms with Crippen LogP contribution in [0.4, 0.5) is 4.79 Å². The number of amides is 4. The second-order valence-electron chi connectivity index (χ2n) is 6.96. The number of hydrogen-bond donors (Lipinski definition) is 2. The van der Waals surface area contributed by atoms with Crippen molar-refractivity contribution < 1.29 is 28.6 Å². The Labute approximate surface area is 179 Å². The molecular weight excluding hydrogens is 404 g/mol. The maximum atomic E-state index is 12.9. The van der Waals surface area contributed by atoms with Crippen molar-refractivity contribution in [2.24, 2.45) is 0 Å². The molecule has 1 aromatic carbocycles. The van der Waals surface area contributed by atoms with Crippen LogP contribution in [0, 0.1) is 0 Å². The van der Waals surface area contributed by atoms with Gasteiger partial charge in [-0.15, -0.1) is 0 Å². The second-order valence-corrected chi connectivity index (χ2v) is 6.96. The Morgan fingerprint density at radius 3 is 2.39 bits per heavy atom. The van der Waals surface area contributed by atoms with Crippen molar-refractivity contribution in [2.45, 2.75) is 19.0 Å². The van der Waals surface area contributed by atoms with Gasteiger partial charge in [-0.3, -0.25) is 19.5 Å². The van der Waals surface area contributed by atoms with Gasteiger partial charge in [-0.25, -0.2) is 4.79 Å². The van der Waals surface area contributed by atoms with Crippen LogP contribution in [-0.2, 0) is 21.7 Å². The summed E-state index contributed by atoms with van der Waals surface area (Å²) in [6, 6.07) is 7.75. The van der Waals surface area contributed by atoms with E-state index in [1.54, 1.807) is 37.3 Å². The van der Waals surface area contributed by atoms with Crippen LogP contribution in [0.25, 0.3) is 0 Å². The lowest BCUT2D eigenvalue weighted by atomic mass is 9.97. The zero-order valence-corrected chi connectivity index (χ0v) is 17.7. The number of nitrogens with zero attached hydrogens (tertiary/aromatic N) is 2. The number of hydrogen-bond acceptors (Lipinski definition) is 7. The van der Waals surface area contributed by atoms with Crippen LogP contribution in [0.1, 0.15) is 18.2 Å². The smallest absolute Gasteiger partial charge is 0.325 e. The third-order valence-corrected chi connectivity index (χ3v) is 5.02. The van der Waals surface area contributed by atoms with Crippen LogP contribution in [0.2, 0.25) is 0 Å². The minimum Gasteiger partial charge on any atom is -0.496 e. The summed E-state index contributed by atoms with van der Waals surface area (Å²) in [4.78, 5) is 42.8. The molecule has 2 aromatic rings. The van der Waals surface area contributed by atoms with Gasteiger partial charge in [0.1, 0.15) is 12.3 Å². The van der Waals surface area contributed by atoms with E-state index in [9.17, 15) is 14.4 Å². The summed E-state index contributed by atoms with van der Waals surface area (Å²) in [6.45, 7) is 1.23. The second kappa shape index (κ2) is 8.90. The van der Waals surface area contributed by atoms with Gasteiger partial charge in [0, 0.05) is 24.4 Å². The lowest BCUT2D eigenvalue weighted by Gasteiger charge is -2.20. The van der Waals surface area contributed by atoms with Crippen molar-refractivity contribution in [2.75, 3.05) is 27.9 Å². The van der Waals surface area contributed by atoms with Gasteiger partial charge >= 0.3 is 6.03 Å². The first kappa shape index (κ1) is 21.9. The van der Waals surface area contributed by atoms with E-state index in [0.717, 1.165) is 4.90 Å². The van der Waals surface area contributed by atoms with Gasteiger partial charge in [0.15, 0.2) is 17.0 Å². The number of imide groups is 1. The molecule has 31 heavy (non-hydrogen) atoms. The van der Waals surface area contributed by atoms with Gasteiger partial charge in [0.25, 0.3) is 5.91 Å². The van der Waals surface area contributed by atoms with E-state index in [1.165, 1.54) is 27.5 Å². The first-order valence-electron chi connectivity index (χ1n) is 9.45. The fourth-order valence-corrected chi connectivity index (χ4v) is 3.30. The number of pyridine rings is 1. The molecule has 0 spiro atoms. The zero-order valence-electron chi connectivity index (χ0n) is 17.7. The number of aromatic nitrogens is 1. The Balaban J connectivity index is 1.69. The highest BCUT2D eigenvalue weighted by atomic mass is 16.5. The number of urea groups is 1. The maximum absolute atomic E-state index is 12.9. The summed E-state index contributed by atoms with van der Waals surface area (Å²) in [5, 5.41) is 5.31. The Morgan fingerprint density at radius 1 is 1.10 bits per heavy atom. The van der Waals surface area contributed by atoms with Crippen LogP contribution >= 0.6 is 0 Å². The minimum atomic E-state index is -1.33.